The van der Waals surface area contributed by atoms with E-state index in [4.69, 9.17) is 5.73 Å². The van der Waals surface area contributed by atoms with Gasteiger partial charge in [0.2, 0.25) is 0 Å². The van der Waals surface area contributed by atoms with Crippen LogP contribution < -0.4 is 11.1 Å². The molecule has 0 atom stereocenters. The van der Waals surface area contributed by atoms with Crippen molar-refractivity contribution in [2.24, 2.45) is 0 Å². The van der Waals surface area contributed by atoms with Crippen LogP contribution in [0.5, 0.6) is 0 Å². The summed E-state index contributed by atoms with van der Waals surface area (Å²) in [4.78, 5) is 17.6. The van der Waals surface area contributed by atoms with E-state index < -0.39 is 0 Å². The smallest absolute Gasteiger partial charge is 0.267 e. The summed E-state index contributed by atoms with van der Waals surface area (Å²) in [5.41, 5.74) is 7.26. The zero-order chi connectivity index (χ0) is 12.5. The molecule has 0 saturated heterocycles. The SMILES string of the molecule is Nc1c(C(=O)Nc2ccsc2)sc2ncccc12. The number of nitrogens with two attached hydrogens (primary N) is 1. The average Bonchev–Trinajstić information content (AvgIpc) is 2.98. The van der Waals surface area contributed by atoms with Gasteiger partial charge in [0, 0.05) is 17.0 Å². The molecule has 3 rings (SSSR count). The molecule has 18 heavy (non-hydrogen) atoms. The van der Waals surface area contributed by atoms with E-state index in [0.29, 0.717) is 10.6 Å². The second-order valence-electron chi connectivity index (χ2n) is 3.67. The Kier molecular flexibility index (Phi) is 2.73. The van der Waals surface area contributed by atoms with E-state index in [0.717, 1.165) is 15.9 Å². The molecule has 0 unspecified atom stereocenters. The number of hydrogen-bond donors (Lipinski definition) is 2. The molecule has 0 bridgehead atoms. The number of anilines is 2. The normalized spacial score (nSPS) is 10.7. The van der Waals surface area contributed by atoms with Gasteiger partial charge in [0.05, 0.1) is 11.4 Å². The number of nitrogen functional groups attached to an aromatic ring is 1. The van der Waals surface area contributed by atoms with Gasteiger partial charge in [0.1, 0.15) is 9.71 Å². The molecule has 0 aliphatic carbocycles. The molecule has 3 aromatic rings. The lowest BCUT2D eigenvalue weighted by atomic mass is 10.2. The summed E-state index contributed by atoms with van der Waals surface area (Å²) in [5, 5.41) is 7.43. The molecule has 0 aromatic carbocycles. The first-order valence-corrected chi connectivity index (χ1v) is 6.98. The molecule has 0 aliphatic rings. The van der Waals surface area contributed by atoms with Gasteiger partial charge in [-0.05, 0) is 23.6 Å². The topological polar surface area (TPSA) is 68.0 Å². The number of pyridine rings is 1. The molecular formula is C12H9N3OS2. The second-order valence-corrected chi connectivity index (χ2v) is 5.45. The molecule has 0 spiro atoms. The van der Waals surface area contributed by atoms with E-state index in [9.17, 15) is 4.79 Å². The highest BCUT2D eigenvalue weighted by atomic mass is 32.1. The number of carbonyl (C=O) groups excluding carboxylic acids is 1. The van der Waals surface area contributed by atoms with Crippen LogP contribution in [-0.2, 0) is 0 Å². The quantitative estimate of drug-likeness (QED) is 0.754. The molecule has 0 aliphatic heterocycles. The van der Waals surface area contributed by atoms with Gasteiger partial charge in [0.25, 0.3) is 5.91 Å². The third-order valence-corrected chi connectivity index (χ3v) is 4.30. The van der Waals surface area contributed by atoms with Crippen LogP contribution in [0.25, 0.3) is 10.2 Å². The van der Waals surface area contributed by atoms with Gasteiger partial charge in [-0.2, -0.15) is 11.3 Å². The molecule has 90 valence electrons. The molecule has 6 heteroatoms. The van der Waals surface area contributed by atoms with E-state index >= 15 is 0 Å². The lowest BCUT2D eigenvalue weighted by molar-refractivity contribution is 0.103. The lowest BCUT2D eigenvalue weighted by Crippen LogP contribution is -2.11. The summed E-state index contributed by atoms with van der Waals surface area (Å²) >= 11 is 2.84. The highest BCUT2D eigenvalue weighted by Gasteiger charge is 2.16. The van der Waals surface area contributed by atoms with Crippen LogP contribution >= 0.6 is 22.7 Å². The minimum Gasteiger partial charge on any atom is -0.397 e. The summed E-state index contributed by atoms with van der Waals surface area (Å²) < 4.78 is 0. The van der Waals surface area contributed by atoms with Crippen LogP contribution in [-0.4, -0.2) is 10.9 Å². The first kappa shape index (κ1) is 11.2. The maximum atomic E-state index is 12.1. The van der Waals surface area contributed by atoms with Gasteiger partial charge in [-0.3, -0.25) is 4.79 Å². The van der Waals surface area contributed by atoms with E-state index in [-0.39, 0.29) is 5.91 Å². The van der Waals surface area contributed by atoms with Crippen molar-refractivity contribution in [2.75, 3.05) is 11.1 Å². The van der Waals surface area contributed by atoms with Crippen LogP contribution in [0.4, 0.5) is 11.4 Å². The number of aromatic nitrogens is 1. The molecule has 3 heterocycles. The molecule has 0 radical (unpaired) electrons. The van der Waals surface area contributed by atoms with Crippen LogP contribution in [0.3, 0.4) is 0 Å². The van der Waals surface area contributed by atoms with E-state index in [2.05, 4.69) is 10.3 Å². The van der Waals surface area contributed by atoms with Crippen molar-refractivity contribution in [1.82, 2.24) is 4.98 Å². The van der Waals surface area contributed by atoms with E-state index in [1.807, 2.05) is 29.0 Å². The molecule has 1 amide bonds. The Morgan fingerprint density at radius 3 is 3.00 bits per heavy atom. The predicted octanol–water partition coefficient (Wildman–Crippen LogP) is 3.19. The van der Waals surface area contributed by atoms with Crippen LogP contribution in [0.15, 0.2) is 35.2 Å². The van der Waals surface area contributed by atoms with Crippen LogP contribution in [0, 0.1) is 0 Å². The van der Waals surface area contributed by atoms with Gasteiger partial charge >= 0.3 is 0 Å². The summed E-state index contributed by atoms with van der Waals surface area (Å²) in [7, 11) is 0. The molecule has 0 fully saturated rings. The first-order valence-electron chi connectivity index (χ1n) is 5.22. The van der Waals surface area contributed by atoms with Crippen LogP contribution in [0.1, 0.15) is 9.67 Å². The highest BCUT2D eigenvalue weighted by Crippen LogP contribution is 2.32. The minimum absolute atomic E-state index is 0.186. The lowest BCUT2D eigenvalue weighted by Gasteiger charge is -2.00. The van der Waals surface area contributed by atoms with Crippen molar-refractivity contribution >= 4 is 50.2 Å². The molecule has 3 N–H and O–H groups in total. The summed E-state index contributed by atoms with van der Waals surface area (Å²) in [6.45, 7) is 0. The number of thiophene rings is 2. The maximum absolute atomic E-state index is 12.1. The van der Waals surface area contributed by atoms with Gasteiger partial charge in [0.15, 0.2) is 0 Å². The van der Waals surface area contributed by atoms with Crippen molar-refractivity contribution in [1.29, 1.82) is 0 Å². The zero-order valence-electron chi connectivity index (χ0n) is 9.21. The number of rotatable bonds is 2. The Hall–Kier alpha value is -1.92. The van der Waals surface area contributed by atoms with Gasteiger partial charge in [-0.1, -0.05) is 0 Å². The predicted molar refractivity (Wildman–Crippen MR) is 76.3 cm³/mol. The second kappa shape index (κ2) is 4.40. The minimum atomic E-state index is -0.186. The maximum Gasteiger partial charge on any atom is 0.267 e. The summed E-state index contributed by atoms with van der Waals surface area (Å²) in [6, 6.07) is 5.53. The first-order chi connectivity index (χ1) is 8.75. The molecular weight excluding hydrogens is 266 g/mol. The Morgan fingerprint density at radius 1 is 1.39 bits per heavy atom. The number of carbonyl (C=O) groups is 1. The van der Waals surface area contributed by atoms with Gasteiger partial charge in [-0.15, -0.1) is 11.3 Å². The highest BCUT2D eigenvalue weighted by molar-refractivity contribution is 7.21. The fraction of sp³-hybridized carbons (Fsp3) is 0. The summed E-state index contributed by atoms with van der Waals surface area (Å²) in [5.74, 6) is -0.186. The standard InChI is InChI=1S/C12H9N3OS2/c13-9-8-2-1-4-14-12(8)18-10(9)11(16)15-7-3-5-17-6-7/h1-6H,13H2,(H,15,16). The number of hydrogen-bond acceptors (Lipinski definition) is 5. The Bertz CT molecular complexity index is 703. The fourth-order valence-electron chi connectivity index (χ4n) is 1.64. The van der Waals surface area contributed by atoms with Crippen molar-refractivity contribution in [3.8, 4) is 0 Å². The molecule has 0 saturated carbocycles. The fourth-order valence-corrected chi connectivity index (χ4v) is 3.19. The van der Waals surface area contributed by atoms with Crippen molar-refractivity contribution in [2.45, 2.75) is 0 Å². The monoisotopic (exact) mass is 275 g/mol. The van der Waals surface area contributed by atoms with Crippen molar-refractivity contribution in [3.63, 3.8) is 0 Å². The third-order valence-electron chi connectivity index (χ3n) is 2.49. The molecule has 4 nitrogen and oxygen atoms in total. The number of amides is 1. The Labute approximate surface area is 111 Å². The third kappa shape index (κ3) is 1.85. The van der Waals surface area contributed by atoms with Crippen molar-refractivity contribution in [3.05, 3.63) is 40.0 Å². The Balaban J connectivity index is 1.99. The van der Waals surface area contributed by atoms with Gasteiger partial charge in [-0.25, -0.2) is 4.98 Å². The van der Waals surface area contributed by atoms with Gasteiger partial charge < -0.3 is 11.1 Å². The van der Waals surface area contributed by atoms with E-state index in [1.165, 1.54) is 22.7 Å². The van der Waals surface area contributed by atoms with Crippen molar-refractivity contribution < 1.29 is 4.79 Å². The largest absolute Gasteiger partial charge is 0.397 e. The summed E-state index contributed by atoms with van der Waals surface area (Å²) in [6.07, 6.45) is 1.69. The number of nitrogens with one attached hydrogen (secondary N) is 1. The van der Waals surface area contributed by atoms with E-state index in [1.54, 1.807) is 6.20 Å². The zero-order valence-corrected chi connectivity index (χ0v) is 10.8. The molecule has 3 aromatic heterocycles. The van der Waals surface area contributed by atoms with Crippen LogP contribution in [0.2, 0.25) is 0 Å². The Morgan fingerprint density at radius 2 is 2.28 bits per heavy atom. The number of fused-ring (bicyclic) bond motifs is 1. The average molecular weight is 275 g/mol. The number of nitrogens with zero attached hydrogens (tertiary/aromatic N) is 1.